The lowest BCUT2D eigenvalue weighted by Crippen LogP contribution is -2.31. The van der Waals surface area contributed by atoms with E-state index in [1.807, 2.05) is 0 Å². The van der Waals surface area contributed by atoms with E-state index in [2.05, 4.69) is 5.32 Å². The van der Waals surface area contributed by atoms with Gasteiger partial charge in [0.2, 0.25) is 0 Å². The maximum atomic E-state index is 12.1. The van der Waals surface area contributed by atoms with Gasteiger partial charge < -0.3 is 14.8 Å². The van der Waals surface area contributed by atoms with Crippen LogP contribution in [-0.2, 0) is 9.53 Å². The number of hydrogen-bond donors (Lipinski definition) is 1. The quantitative estimate of drug-likeness (QED) is 0.766. The van der Waals surface area contributed by atoms with Crippen molar-refractivity contribution in [1.29, 1.82) is 0 Å². The maximum Gasteiger partial charge on any atom is 0.342 e. The van der Waals surface area contributed by atoms with Crippen LogP contribution in [0.25, 0.3) is 0 Å². The van der Waals surface area contributed by atoms with Crippen LogP contribution in [0.1, 0.15) is 28.9 Å². The Bertz CT molecular complexity index is 779. The first-order chi connectivity index (χ1) is 11.9. The summed E-state index contributed by atoms with van der Waals surface area (Å²) in [4.78, 5) is 24.1. The van der Waals surface area contributed by atoms with Crippen LogP contribution < -0.4 is 10.1 Å². The van der Waals surface area contributed by atoms with E-state index in [1.54, 1.807) is 49.4 Å². The van der Waals surface area contributed by atoms with Crippen LogP contribution in [0, 0.1) is 0 Å². The van der Waals surface area contributed by atoms with E-state index < -0.39 is 18.5 Å². The van der Waals surface area contributed by atoms with Crippen molar-refractivity contribution >= 4 is 35.1 Å². The summed E-state index contributed by atoms with van der Waals surface area (Å²) in [5, 5.41) is 3.68. The SMILES string of the molecule is COc1ccccc1C(=O)OCC(=O)NC(C)c1ccc(Cl)cc1Cl. The van der Waals surface area contributed by atoms with Crippen LogP contribution in [0.3, 0.4) is 0 Å². The fourth-order valence-corrected chi connectivity index (χ4v) is 2.81. The lowest BCUT2D eigenvalue weighted by molar-refractivity contribution is -0.124. The van der Waals surface area contributed by atoms with Gasteiger partial charge in [-0.2, -0.15) is 0 Å². The molecule has 2 aromatic carbocycles. The van der Waals surface area contributed by atoms with Gasteiger partial charge in [0, 0.05) is 10.0 Å². The zero-order chi connectivity index (χ0) is 18.4. The Kier molecular flexibility index (Phi) is 6.67. The van der Waals surface area contributed by atoms with Crippen molar-refractivity contribution in [3.63, 3.8) is 0 Å². The molecule has 1 amide bonds. The van der Waals surface area contributed by atoms with E-state index in [0.29, 0.717) is 15.8 Å². The third-order valence-corrected chi connectivity index (χ3v) is 4.03. The molecule has 0 aliphatic carbocycles. The van der Waals surface area contributed by atoms with Gasteiger partial charge in [-0.05, 0) is 36.8 Å². The molecule has 0 saturated heterocycles. The van der Waals surface area contributed by atoms with Gasteiger partial charge in [-0.3, -0.25) is 4.79 Å². The molecular formula is C18H17Cl2NO4. The highest BCUT2D eigenvalue weighted by molar-refractivity contribution is 6.35. The number of benzene rings is 2. The zero-order valence-electron chi connectivity index (χ0n) is 13.7. The number of para-hydroxylation sites is 1. The largest absolute Gasteiger partial charge is 0.496 e. The van der Waals surface area contributed by atoms with E-state index >= 15 is 0 Å². The van der Waals surface area contributed by atoms with Crippen molar-refractivity contribution in [2.45, 2.75) is 13.0 Å². The highest BCUT2D eigenvalue weighted by Crippen LogP contribution is 2.26. The number of carbonyl (C=O) groups excluding carboxylic acids is 2. The Labute approximate surface area is 155 Å². The molecule has 1 N–H and O–H groups in total. The molecule has 2 rings (SSSR count). The molecule has 0 aliphatic heterocycles. The minimum atomic E-state index is -0.634. The van der Waals surface area contributed by atoms with Crippen molar-refractivity contribution < 1.29 is 19.1 Å². The number of hydrogen-bond acceptors (Lipinski definition) is 4. The predicted molar refractivity (Wildman–Crippen MR) is 96.3 cm³/mol. The van der Waals surface area contributed by atoms with E-state index in [-0.39, 0.29) is 11.6 Å². The number of esters is 1. The average Bonchev–Trinajstić information content (AvgIpc) is 2.59. The van der Waals surface area contributed by atoms with Crippen LogP contribution in [-0.4, -0.2) is 25.6 Å². The first kappa shape index (κ1) is 19.1. The number of carbonyl (C=O) groups is 2. The molecule has 132 valence electrons. The van der Waals surface area contributed by atoms with Crippen LogP contribution in [0.5, 0.6) is 5.75 Å². The summed E-state index contributed by atoms with van der Waals surface area (Å²) in [5.41, 5.74) is 0.974. The van der Waals surface area contributed by atoms with Crippen LogP contribution in [0.15, 0.2) is 42.5 Å². The number of rotatable bonds is 6. The van der Waals surface area contributed by atoms with E-state index in [9.17, 15) is 9.59 Å². The molecule has 1 atom stereocenters. The molecule has 0 radical (unpaired) electrons. The van der Waals surface area contributed by atoms with E-state index in [0.717, 1.165) is 5.56 Å². The summed E-state index contributed by atoms with van der Waals surface area (Å²) in [6.45, 7) is 1.36. The summed E-state index contributed by atoms with van der Waals surface area (Å²) in [6, 6.07) is 11.3. The number of nitrogens with one attached hydrogen (secondary N) is 1. The normalized spacial score (nSPS) is 11.5. The number of methoxy groups -OCH3 is 1. The van der Waals surface area contributed by atoms with Gasteiger partial charge in [-0.15, -0.1) is 0 Å². The van der Waals surface area contributed by atoms with Gasteiger partial charge in [0.15, 0.2) is 6.61 Å². The molecule has 0 aromatic heterocycles. The number of halogens is 2. The monoisotopic (exact) mass is 381 g/mol. The fraction of sp³-hybridized carbons (Fsp3) is 0.222. The molecule has 0 aliphatic rings. The lowest BCUT2D eigenvalue weighted by Gasteiger charge is -2.16. The highest BCUT2D eigenvalue weighted by Gasteiger charge is 2.17. The van der Waals surface area contributed by atoms with Crippen LogP contribution in [0.4, 0.5) is 0 Å². The summed E-state index contributed by atoms with van der Waals surface area (Å²) in [7, 11) is 1.45. The van der Waals surface area contributed by atoms with Crippen molar-refractivity contribution in [3.05, 3.63) is 63.6 Å². The molecule has 5 nitrogen and oxygen atoms in total. The van der Waals surface area contributed by atoms with Gasteiger partial charge in [0.05, 0.1) is 13.2 Å². The molecular weight excluding hydrogens is 365 g/mol. The Morgan fingerprint density at radius 1 is 1.16 bits per heavy atom. The molecule has 0 saturated carbocycles. The predicted octanol–water partition coefficient (Wildman–Crippen LogP) is 4.04. The van der Waals surface area contributed by atoms with Crippen LogP contribution in [0.2, 0.25) is 10.0 Å². The molecule has 25 heavy (non-hydrogen) atoms. The smallest absolute Gasteiger partial charge is 0.342 e. The first-order valence-corrected chi connectivity index (χ1v) is 8.22. The average molecular weight is 382 g/mol. The Morgan fingerprint density at radius 2 is 1.88 bits per heavy atom. The first-order valence-electron chi connectivity index (χ1n) is 7.47. The van der Waals surface area contributed by atoms with Gasteiger partial charge in [0.25, 0.3) is 5.91 Å². The standard InChI is InChI=1S/C18H17Cl2NO4/c1-11(13-8-7-12(19)9-15(13)20)21-17(22)10-25-18(23)14-5-3-4-6-16(14)24-2/h3-9,11H,10H2,1-2H3,(H,21,22). The molecule has 0 fully saturated rings. The summed E-state index contributed by atoms with van der Waals surface area (Å²) < 4.78 is 10.1. The fourth-order valence-electron chi connectivity index (χ4n) is 2.24. The van der Waals surface area contributed by atoms with Crippen molar-refractivity contribution in [3.8, 4) is 5.75 Å². The third kappa shape index (κ3) is 5.11. The molecule has 0 bridgehead atoms. The second-order valence-corrected chi connectivity index (χ2v) is 6.08. The Hall–Kier alpha value is -2.24. The van der Waals surface area contributed by atoms with Gasteiger partial charge in [0.1, 0.15) is 11.3 Å². The summed E-state index contributed by atoms with van der Waals surface area (Å²) in [5.74, 6) is -0.694. The van der Waals surface area contributed by atoms with Gasteiger partial charge >= 0.3 is 5.97 Å². The van der Waals surface area contributed by atoms with Gasteiger partial charge in [-0.1, -0.05) is 41.4 Å². The van der Waals surface area contributed by atoms with Crippen molar-refractivity contribution in [2.75, 3.05) is 13.7 Å². The van der Waals surface area contributed by atoms with Gasteiger partial charge in [-0.25, -0.2) is 4.79 Å². The second kappa shape index (κ2) is 8.74. The molecule has 0 heterocycles. The number of ether oxygens (including phenoxy) is 2. The molecule has 7 heteroatoms. The highest BCUT2D eigenvalue weighted by atomic mass is 35.5. The molecule has 0 spiro atoms. The van der Waals surface area contributed by atoms with Crippen LogP contribution >= 0.6 is 23.2 Å². The maximum absolute atomic E-state index is 12.1. The summed E-state index contributed by atoms with van der Waals surface area (Å²) in [6.07, 6.45) is 0. The second-order valence-electron chi connectivity index (χ2n) is 5.23. The zero-order valence-corrected chi connectivity index (χ0v) is 15.2. The number of amides is 1. The molecule has 2 aromatic rings. The minimum absolute atomic E-state index is 0.256. The summed E-state index contributed by atoms with van der Waals surface area (Å²) >= 11 is 12.0. The van der Waals surface area contributed by atoms with E-state index in [4.69, 9.17) is 32.7 Å². The Morgan fingerprint density at radius 3 is 2.56 bits per heavy atom. The Balaban J connectivity index is 1.93. The molecule has 1 unspecified atom stereocenters. The van der Waals surface area contributed by atoms with Crippen molar-refractivity contribution in [2.24, 2.45) is 0 Å². The lowest BCUT2D eigenvalue weighted by atomic mass is 10.1. The minimum Gasteiger partial charge on any atom is -0.496 e. The third-order valence-electron chi connectivity index (χ3n) is 3.47. The van der Waals surface area contributed by atoms with E-state index in [1.165, 1.54) is 7.11 Å². The van der Waals surface area contributed by atoms with Crippen molar-refractivity contribution in [1.82, 2.24) is 5.32 Å². The topological polar surface area (TPSA) is 64.6 Å².